The molecule has 1 aliphatic rings. The van der Waals surface area contributed by atoms with E-state index in [1.54, 1.807) is 31.5 Å². The van der Waals surface area contributed by atoms with Crippen LogP contribution in [0.5, 0.6) is 0 Å². The first-order valence-electron chi connectivity index (χ1n) is 6.36. The first kappa shape index (κ1) is 14.2. The standard InChI is InChI=1S/C15H12Cl2N4/c1-18-15(20-13-7-2-3-8-14(13)21-15)19-9-10-11(16)5-4-6-12(10)17/h2-9,18H,1H3. The van der Waals surface area contributed by atoms with Crippen molar-refractivity contribution in [3.05, 3.63) is 68.8 Å². The summed E-state index contributed by atoms with van der Waals surface area (Å²) in [5, 5.41) is 5.69. The Bertz CT molecular complexity index is 775. The van der Waals surface area contributed by atoms with E-state index in [4.69, 9.17) is 23.2 Å². The van der Waals surface area contributed by atoms with Crippen LogP contribution in [-0.2, 0) is 0 Å². The third kappa shape index (κ3) is 2.70. The van der Waals surface area contributed by atoms with Gasteiger partial charge in [0.1, 0.15) is 0 Å². The van der Waals surface area contributed by atoms with Gasteiger partial charge in [-0.3, -0.25) is 5.32 Å². The van der Waals surface area contributed by atoms with Crippen LogP contribution in [0.3, 0.4) is 0 Å². The van der Waals surface area contributed by atoms with Crippen molar-refractivity contribution in [3.63, 3.8) is 0 Å². The van der Waals surface area contributed by atoms with Gasteiger partial charge in [-0.2, -0.15) is 0 Å². The molecule has 0 aromatic heterocycles. The fourth-order valence-electron chi connectivity index (χ4n) is 2.04. The van der Waals surface area contributed by atoms with Gasteiger partial charge in [0, 0.05) is 11.8 Å². The second-order valence-corrected chi connectivity index (χ2v) is 5.31. The predicted octanol–water partition coefficient (Wildman–Crippen LogP) is 2.20. The maximum atomic E-state index is 6.14. The topological polar surface area (TPSA) is 49.1 Å². The molecule has 0 saturated carbocycles. The van der Waals surface area contributed by atoms with Crippen LogP contribution in [0, 0.1) is 0 Å². The molecule has 0 saturated heterocycles. The third-order valence-corrected chi connectivity index (χ3v) is 3.80. The quantitative estimate of drug-likeness (QED) is 0.866. The van der Waals surface area contributed by atoms with Gasteiger partial charge in [-0.1, -0.05) is 41.4 Å². The average Bonchev–Trinajstić information content (AvgIpc) is 2.86. The Kier molecular flexibility index (Phi) is 3.76. The summed E-state index contributed by atoms with van der Waals surface area (Å²) in [6, 6.07) is 12.9. The van der Waals surface area contributed by atoms with E-state index in [-0.39, 0.29) is 0 Å². The number of halogens is 2. The van der Waals surface area contributed by atoms with Gasteiger partial charge in [-0.05, 0) is 31.3 Å². The van der Waals surface area contributed by atoms with Gasteiger partial charge in [-0.15, -0.1) is 0 Å². The summed E-state index contributed by atoms with van der Waals surface area (Å²) in [4.78, 5) is 13.5. The monoisotopic (exact) mass is 318 g/mol. The van der Waals surface area contributed by atoms with Gasteiger partial charge in [0.2, 0.25) is 0 Å². The summed E-state index contributed by atoms with van der Waals surface area (Å²) in [7, 11) is 1.75. The van der Waals surface area contributed by atoms with Crippen LogP contribution >= 0.6 is 23.2 Å². The molecule has 3 rings (SSSR count). The highest BCUT2D eigenvalue weighted by Gasteiger charge is 2.27. The highest BCUT2D eigenvalue weighted by atomic mass is 35.5. The summed E-state index contributed by atoms with van der Waals surface area (Å²) in [5.41, 5.74) is 0.650. The number of aliphatic imine (C=N–C) groups is 1. The van der Waals surface area contributed by atoms with Gasteiger partial charge in [0.25, 0.3) is 0 Å². The lowest BCUT2D eigenvalue weighted by atomic mass is 10.2. The van der Waals surface area contributed by atoms with Crippen LogP contribution in [-0.4, -0.2) is 19.2 Å². The van der Waals surface area contributed by atoms with E-state index in [1.165, 1.54) is 0 Å². The molecule has 0 unspecified atom stereocenters. The minimum absolute atomic E-state index is 0.535. The molecule has 106 valence electrons. The van der Waals surface area contributed by atoms with E-state index in [9.17, 15) is 0 Å². The second-order valence-electron chi connectivity index (χ2n) is 4.49. The SMILES string of the molecule is CNC1(N=Cc2c(Cl)cccc2Cl)N=c2ccccc2=N1. The highest BCUT2D eigenvalue weighted by molar-refractivity contribution is 6.38. The zero-order valence-electron chi connectivity index (χ0n) is 11.2. The molecule has 0 spiro atoms. The molecule has 0 fully saturated rings. The Morgan fingerprint density at radius 3 is 2.10 bits per heavy atom. The number of hydrogen-bond acceptors (Lipinski definition) is 4. The number of para-hydroxylation sites is 2. The molecule has 1 heterocycles. The molecule has 0 atom stereocenters. The molecule has 4 nitrogen and oxygen atoms in total. The van der Waals surface area contributed by atoms with Gasteiger partial charge in [0.05, 0.1) is 20.8 Å². The average molecular weight is 319 g/mol. The Morgan fingerprint density at radius 2 is 1.57 bits per heavy atom. The lowest BCUT2D eigenvalue weighted by molar-refractivity contribution is 0.401. The Hall–Kier alpha value is -1.75. The van der Waals surface area contributed by atoms with Crippen LogP contribution < -0.4 is 16.0 Å². The molecule has 1 N–H and O–H groups in total. The van der Waals surface area contributed by atoms with Gasteiger partial charge < -0.3 is 0 Å². The van der Waals surface area contributed by atoms with Crippen molar-refractivity contribution in [2.45, 2.75) is 5.91 Å². The Labute approximate surface area is 131 Å². The number of fused-ring (bicyclic) bond motifs is 1. The molecule has 0 aliphatic carbocycles. The first-order chi connectivity index (χ1) is 10.1. The van der Waals surface area contributed by atoms with Gasteiger partial charge in [0.15, 0.2) is 0 Å². The van der Waals surface area contributed by atoms with E-state index in [0.717, 1.165) is 10.7 Å². The largest absolute Gasteiger partial charge is 0.307 e. The van der Waals surface area contributed by atoms with Crippen molar-refractivity contribution in [1.29, 1.82) is 0 Å². The minimum atomic E-state index is -1.06. The lowest BCUT2D eigenvalue weighted by Gasteiger charge is -2.16. The van der Waals surface area contributed by atoms with Crippen molar-refractivity contribution in [2.24, 2.45) is 15.0 Å². The normalized spacial score (nSPS) is 15.6. The molecular formula is C15H12Cl2N4. The molecular weight excluding hydrogens is 307 g/mol. The zero-order valence-corrected chi connectivity index (χ0v) is 12.7. The van der Waals surface area contributed by atoms with Crippen LogP contribution in [0.1, 0.15) is 5.56 Å². The van der Waals surface area contributed by atoms with Crippen molar-refractivity contribution in [3.8, 4) is 0 Å². The molecule has 2 aromatic rings. The van der Waals surface area contributed by atoms with Crippen molar-refractivity contribution < 1.29 is 0 Å². The third-order valence-electron chi connectivity index (χ3n) is 3.14. The number of rotatable bonds is 3. The fraction of sp³-hybridized carbons (Fsp3) is 0.133. The summed E-state index contributed by atoms with van der Waals surface area (Å²) in [6.45, 7) is 0. The maximum absolute atomic E-state index is 6.14. The summed E-state index contributed by atoms with van der Waals surface area (Å²) >= 11 is 12.3. The molecule has 1 aliphatic heterocycles. The first-order valence-corrected chi connectivity index (χ1v) is 7.12. The second kappa shape index (κ2) is 5.56. The summed E-state index contributed by atoms with van der Waals surface area (Å²) in [5.74, 6) is -1.06. The lowest BCUT2D eigenvalue weighted by Crippen LogP contribution is -2.36. The summed E-state index contributed by atoms with van der Waals surface area (Å²) < 4.78 is 0. The number of nitrogens with one attached hydrogen (secondary N) is 1. The van der Waals surface area contributed by atoms with Crippen molar-refractivity contribution in [2.75, 3.05) is 7.05 Å². The van der Waals surface area contributed by atoms with E-state index < -0.39 is 5.91 Å². The molecule has 0 bridgehead atoms. The number of hydrogen-bond donors (Lipinski definition) is 1. The Morgan fingerprint density at radius 1 is 1.00 bits per heavy atom. The molecule has 2 aromatic carbocycles. The van der Waals surface area contributed by atoms with Crippen LogP contribution in [0.2, 0.25) is 10.0 Å². The Balaban J connectivity index is 2.04. The van der Waals surface area contributed by atoms with Gasteiger partial charge >= 0.3 is 5.91 Å². The molecule has 6 heteroatoms. The van der Waals surface area contributed by atoms with Crippen molar-refractivity contribution >= 4 is 29.4 Å². The minimum Gasteiger partial charge on any atom is -0.257 e. The molecule has 21 heavy (non-hydrogen) atoms. The highest BCUT2D eigenvalue weighted by Crippen LogP contribution is 2.23. The molecule has 0 radical (unpaired) electrons. The van der Waals surface area contributed by atoms with Crippen LogP contribution in [0.15, 0.2) is 57.4 Å². The summed E-state index contributed by atoms with van der Waals surface area (Å²) in [6.07, 6.45) is 1.60. The van der Waals surface area contributed by atoms with E-state index in [0.29, 0.717) is 15.6 Å². The fourth-order valence-corrected chi connectivity index (χ4v) is 2.53. The number of benzene rings is 2. The maximum Gasteiger partial charge on any atom is 0.307 e. The van der Waals surface area contributed by atoms with Gasteiger partial charge in [-0.25, -0.2) is 15.0 Å². The number of nitrogens with zero attached hydrogens (tertiary/aromatic N) is 3. The smallest absolute Gasteiger partial charge is 0.257 e. The van der Waals surface area contributed by atoms with E-state index >= 15 is 0 Å². The van der Waals surface area contributed by atoms with E-state index in [1.807, 2.05) is 24.3 Å². The van der Waals surface area contributed by atoms with E-state index in [2.05, 4.69) is 20.3 Å². The van der Waals surface area contributed by atoms with Crippen LogP contribution in [0.25, 0.3) is 0 Å². The van der Waals surface area contributed by atoms with Crippen LogP contribution in [0.4, 0.5) is 0 Å². The zero-order chi connectivity index (χ0) is 14.9. The predicted molar refractivity (Wildman–Crippen MR) is 84.6 cm³/mol. The van der Waals surface area contributed by atoms with Crippen molar-refractivity contribution in [1.82, 2.24) is 5.32 Å². The molecule has 0 amide bonds.